The monoisotopic (exact) mass is 299 g/mol. The minimum absolute atomic E-state index is 0.384. The maximum atomic E-state index is 5.92. The number of nitrogens with one attached hydrogen (secondary N) is 1. The van der Waals surface area contributed by atoms with Crippen LogP contribution < -0.4 is 10.1 Å². The number of ether oxygens (including phenoxy) is 2. The third-order valence-corrected chi connectivity index (χ3v) is 3.79. The normalized spacial score (nSPS) is 17.1. The van der Waals surface area contributed by atoms with Crippen LogP contribution >= 0.6 is 15.9 Å². The smallest absolute Gasteiger partial charge is 0.119 e. The van der Waals surface area contributed by atoms with Gasteiger partial charge in [0.05, 0.1) is 19.8 Å². The number of rotatable bonds is 4. The van der Waals surface area contributed by atoms with Crippen molar-refractivity contribution in [2.45, 2.75) is 25.6 Å². The zero-order valence-corrected chi connectivity index (χ0v) is 11.6. The summed E-state index contributed by atoms with van der Waals surface area (Å²) in [4.78, 5) is 0. The lowest BCUT2D eigenvalue weighted by atomic mass is 10.1. The van der Waals surface area contributed by atoms with Crippen LogP contribution in [0.1, 0.15) is 18.4 Å². The van der Waals surface area contributed by atoms with Gasteiger partial charge in [0.25, 0.3) is 0 Å². The highest BCUT2D eigenvalue weighted by Gasteiger charge is 2.14. The molecule has 1 fully saturated rings. The first-order valence-electron chi connectivity index (χ1n) is 5.94. The fraction of sp³-hybridized carbons (Fsp3) is 0.538. The lowest BCUT2D eigenvalue weighted by Gasteiger charge is -2.23. The molecule has 0 aliphatic carbocycles. The topological polar surface area (TPSA) is 30.5 Å². The van der Waals surface area contributed by atoms with Gasteiger partial charge in [0.2, 0.25) is 0 Å². The first-order chi connectivity index (χ1) is 8.29. The summed E-state index contributed by atoms with van der Waals surface area (Å²) in [6.07, 6.45) is 2.58. The predicted octanol–water partition coefficient (Wildman–Crippen LogP) is 2.73. The second-order valence-electron chi connectivity index (χ2n) is 4.22. The minimum Gasteiger partial charge on any atom is -0.497 e. The molecule has 0 atom stereocenters. The molecule has 4 heteroatoms. The quantitative estimate of drug-likeness (QED) is 0.927. The van der Waals surface area contributed by atoms with Gasteiger partial charge in [0.1, 0.15) is 5.75 Å². The fourth-order valence-corrected chi connectivity index (χ4v) is 2.32. The van der Waals surface area contributed by atoms with E-state index in [0.29, 0.717) is 12.7 Å². The Morgan fingerprint density at radius 3 is 2.82 bits per heavy atom. The highest BCUT2D eigenvalue weighted by atomic mass is 79.9. The molecule has 1 aliphatic heterocycles. The van der Waals surface area contributed by atoms with Crippen molar-refractivity contribution in [3.05, 3.63) is 28.2 Å². The molecule has 1 heterocycles. The summed E-state index contributed by atoms with van der Waals surface area (Å²) in [5, 5.41) is 3.33. The second kappa shape index (κ2) is 6.38. The van der Waals surface area contributed by atoms with Crippen molar-refractivity contribution in [2.24, 2.45) is 0 Å². The Bertz CT molecular complexity index is 364. The molecule has 1 saturated heterocycles. The molecule has 0 aromatic heterocycles. The number of methoxy groups -OCH3 is 1. The summed E-state index contributed by atoms with van der Waals surface area (Å²) < 4.78 is 12.2. The number of halogens is 1. The fourth-order valence-electron chi connectivity index (χ4n) is 1.96. The zero-order chi connectivity index (χ0) is 12.1. The standard InChI is InChI=1S/C13H18BrNO2/c1-16-12-2-3-13(14)10(8-12)9-17-11-4-6-15-7-5-11/h2-3,8,11,15H,4-7,9H2,1H3. The lowest BCUT2D eigenvalue weighted by Crippen LogP contribution is -2.32. The number of hydrogen-bond acceptors (Lipinski definition) is 3. The minimum atomic E-state index is 0.384. The van der Waals surface area contributed by atoms with E-state index in [4.69, 9.17) is 9.47 Å². The van der Waals surface area contributed by atoms with Gasteiger partial charge in [-0.15, -0.1) is 0 Å². The van der Waals surface area contributed by atoms with Crippen LogP contribution in [0.25, 0.3) is 0 Å². The van der Waals surface area contributed by atoms with E-state index in [1.165, 1.54) is 0 Å². The van der Waals surface area contributed by atoms with E-state index in [1.807, 2.05) is 18.2 Å². The van der Waals surface area contributed by atoms with Crippen molar-refractivity contribution in [1.82, 2.24) is 5.32 Å². The molecule has 17 heavy (non-hydrogen) atoms. The molecule has 0 amide bonds. The predicted molar refractivity (Wildman–Crippen MR) is 71.4 cm³/mol. The Morgan fingerprint density at radius 2 is 2.12 bits per heavy atom. The number of benzene rings is 1. The Kier molecular flexibility index (Phi) is 4.83. The SMILES string of the molecule is COc1ccc(Br)c(COC2CCNCC2)c1. The molecular weight excluding hydrogens is 282 g/mol. The molecule has 1 aliphatic rings. The molecule has 1 N–H and O–H groups in total. The average molecular weight is 300 g/mol. The Balaban J connectivity index is 1.92. The van der Waals surface area contributed by atoms with Crippen molar-refractivity contribution in [3.63, 3.8) is 0 Å². The van der Waals surface area contributed by atoms with Gasteiger partial charge in [-0.1, -0.05) is 15.9 Å². The van der Waals surface area contributed by atoms with Crippen LogP contribution in [0.15, 0.2) is 22.7 Å². The summed E-state index contributed by atoms with van der Waals surface area (Å²) in [6, 6.07) is 5.96. The van der Waals surface area contributed by atoms with Gasteiger partial charge in [0.15, 0.2) is 0 Å². The van der Waals surface area contributed by atoms with Crippen LogP contribution in [0.3, 0.4) is 0 Å². The van der Waals surface area contributed by atoms with E-state index in [9.17, 15) is 0 Å². The molecule has 1 aromatic carbocycles. The van der Waals surface area contributed by atoms with Crippen molar-refractivity contribution < 1.29 is 9.47 Å². The Hall–Kier alpha value is -0.580. The van der Waals surface area contributed by atoms with Gasteiger partial charge in [-0.25, -0.2) is 0 Å². The summed E-state index contributed by atoms with van der Waals surface area (Å²) in [6.45, 7) is 2.76. The third kappa shape index (κ3) is 3.69. The van der Waals surface area contributed by atoms with Gasteiger partial charge < -0.3 is 14.8 Å². The summed E-state index contributed by atoms with van der Waals surface area (Å²) in [5.74, 6) is 0.872. The molecule has 0 saturated carbocycles. The zero-order valence-electron chi connectivity index (χ0n) is 10.0. The molecule has 3 nitrogen and oxygen atoms in total. The van der Waals surface area contributed by atoms with Crippen molar-refractivity contribution in [3.8, 4) is 5.75 Å². The third-order valence-electron chi connectivity index (χ3n) is 3.01. The summed E-state index contributed by atoms with van der Waals surface area (Å²) >= 11 is 3.54. The number of piperidine rings is 1. The van der Waals surface area contributed by atoms with Crippen LogP contribution in [-0.2, 0) is 11.3 Å². The van der Waals surface area contributed by atoms with Crippen molar-refractivity contribution in [2.75, 3.05) is 20.2 Å². The van der Waals surface area contributed by atoms with Crippen LogP contribution in [0.5, 0.6) is 5.75 Å². The first-order valence-corrected chi connectivity index (χ1v) is 6.73. The number of hydrogen-bond donors (Lipinski definition) is 1. The van der Waals surface area contributed by atoms with E-state index in [-0.39, 0.29) is 0 Å². The van der Waals surface area contributed by atoms with Gasteiger partial charge >= 0.3 is 0 Å². The van der Waals surface area contributed by atoms with Gasteiger partial charge in [-0.05, 0) is 49.7 Å². The van der Waals surface area contributed by atoms with Crippen LogP contribution in [-0.4, -0.2) is 26.3 Å². The molecule has 94 valence electrons. The van der Waals surface area contributed by atoms with Gasteiger partial charge in [-0.2, -0.15) is 0 Å². The summed E-state index contributed by atoms with van der Waals surface area (Å²) in [5.41, 5.74) is 1.14. The van der Waals surface area contributed by atoms with E-state index < -0.39 is 0 Å². The highest BCUT2D eigenvalue weighted by Crippen LogP contribution is 2.24. The van der Waals surface area contributed by atoms with E-state index in [0.717, 1.165) is 41.7 Å². The average Bonchev–Trinajstić information content (AvgIpc) is 2.39. The molecule has 1 aromatic rings. The van der Waals surface area contributed by atoms with Crippen LogP contribution in [0, 0.1) is 0 Å². The molecular formula is C13H18BrNO2. The van der Waals surface area contributed by atoms with E-state index >= 15 is 0 Å². The first kappa shape index (κ1) is 12.9. The largest absolute Gasteiger partial charge is 0.497 e. The van der Waals surface area contributed by atoms with Crippen LogP contribution in [0.4, 0.5) is 0 Å². The second-order valence-corrected chi connectivity index (χ2v) is 5.07. The molecule has 0 spiro atoms. The molecule has 0 radical (unpaired) electrons. The Labute approximate surface area is 111 Å². The summed E-state index contributed by atoms with van der Waals surface area (Å²) in [7, 11) is 1.68. The molecule has 0 unspecified atom stereocenters. The van der Waals surface area contributed by atoms with Crippen LogP contribution in [0.2, 0.25) is 0 Å². The lowest BCUT2D eigenvalue weighted by molar-refractivity contribution is 0.0209. The maximum Gasteiger partial charge on any atom is 0.119 e. The van der Waals surface area contributed by atoms with Gasteiger partial charge in [0, 0.05) is 4.47 Å². The van der Waals surface area contributed by atoms with Crippen molar-refractivity contribution in [1.29, 1.82) is 0 Å². The van der Waals surface area contributed by atoms with Crippen molar-refractivity contribution >= 4 is 15.9 Å². The van der Waals surface area contributed by atoms with E-state index in [1.54, 1.807) is 7.11 Å². The maximum absolute atomic E-state index is 5.92. The Morgan fingerprint density at radius 1 is 1.35 bits per heavy atom. The highest BCUT2D eigenvalue weighted by molar-refractivity contribution is 9.10. The molecule has 0 bridgehead atoms. The van der Waals surface area contributed by atoms with Gasteiger partial charge in [-0.3, -0.25) is 0 Å². The van der Waals surface area contributed by atoms with E-state index in [2.05, 4.69) is 21.2 Å². The molecule has 2 rings (SSSR count).